The third-order valence-corrected chi connectivity index (χ3v) is 3.33. The van der Waals surface area contributed by atoms with Crippen LogP contribution in [0.1, 0.15) is 26.5 Å². The summed E-state index contributed by atoms with van der Waals surface area (Å²) in [5, 5.41) is 17.7. The second kappa shape index (κ2) is 6.69. The lowest BCUT2D eigenvalue weighted by atomic mass is 9.92. The molecule has 0 saturated carbocycles. The van der Waals surface area contributed by atoms with Gasteiger partial charge >= 0.3 is 0 Å². The number of anilines is 1. The van der Waals surface area contributed by atoms with Gasteiger partial charge in [0.15, 0.2) is 6.61 Å². The number of nitro groups is 1. The van der Waals surface area contributed by atoms with E-state index in [0.29, 0.717) is 11.6 Å². The Kier molecular flexibility index (Phi) is 4.87. The minimum absolute atomic E-state index is 0.0311. The molecule has 0 spiro atoms. The molecule has 2 rings (SSSR count). The van der Waals surface area contributed by atoms with Crippen molar-refractivity contribution in [1.82, 2.24) is 9.78 Å². The van der Waals surface area contributed by atoms with Crippen molar-refractivity contribution in [1.29, 1.82) is 0 Å². The average molecular weight is 332 g/mol. The van der Waals surface area contributed by atoms with Gasteiger partial charge in [0.25, 0.3) is 11.6 Å². The first-order chi connectivity index (χ1) is 11.2. The Hall–Kier alpha value is -2.90. The van der Waals surface area contributed by atoms with Crippen molar-refractivity contribution in [3.63, 3.8) is 0 Å². The van der Waals surface area contributed by atoms with E-state index >= 15 is 0 Å². The second-order valence-corrected chi connectivity index (χ2v) is 6.38. The molecule has 0 radical (unpaired) electrons. The first kappa shape index (κ1) is 17.5. The topological polar surface area (TPSA) is 99.3 Å². The Bertz CT molecular complexity index is 744. The van der Waals surface area contributed by atoms with E-state index < -0.39 is 4.92 Å². The fraction of sp³-hybridized carbons (Fsp3) is 0.375. The molecular formula is C16H20N4O4. The minimum atomic E-state index is -0.494. The van der Waals surface area contributed by atoms with E-state index in [4.69, 9.17) is 4.74 Å². The number of ether oxygens (including phenoxy) is 1. The van der Waals surface area contributed by atoms with Gasteiger partial charge in [0, 0.05) is 30.7 Å². The fourth-order valence-electron chi connectivity index (χ4n) is 1.94. The highest BCUT2D eigenvalue weighted by molar-refractivity contribution is 5.91. The number of aryl methyl sites for hydroxylation is 1. The lowest BCUT2D eigenvalue weighted by Crippen LogP contribution is -2.21. The van der Waals surface area contributed by atoms with Crippen LogP contribution in [0.2, 0.25) is 0 Å². The first-order valence-corrected chi connectivity index (χ1v) is 7.38. The van der Waals surface area contributed by atoms with Crippen LogP contribution in [0.15, 0.2) is 30.3 Å². The quantitative estimate of drug-likeness (QED) is 0.670. The number of carbonyl (C=O) groups is 1. The van der Waals surface area contributed by atoms with Crippen molar-refractivity contribution in [2.24, 2.45) is 7.05 Å². The van der Waals surface area contributed by atoms with E-state index in [2.05, 4.69) is 10.4 Å². The summed E-state index contributed by atoms with van der Waals surface area (Å²) < 4.78 is 6.93. The van der Waals surface area contributed by atoms with Gasteiger partial charge in [-0.2, -0.15) is 5.10 Å². The van der Waals surface area contributed by atoms with Gasteiger partial charge in [0.2, 0.25) is 0 Å². The van der Waals surface area contributed by atoms with Gasteiger partial charge in [-0.25, -0.2) is 0 Å². The van der Waals surface area contributed by atoms with Crippen molar-refractivity contribution >= 4 is 17.4 Å². The molecule has 24 heavy (non-hydrogen) atoms. The predicted molar refractivity (Wildman–Crippen MR) is 89.1 cm³/mol. The zero-order valence-corrected chi connectivity index (χ0v) is 14.1. The van der Waals surface area contributed by atoms with E-state index in [1.807, 2.05) is 26.8 Å². The van der Waals surface area contributed by atoms with Crippen LogP contribution in [-0.2, 0) is 17.3 Å². The first-order valence-electron chi connectivity index (χ1n) is 7.38. The van der Waals surface area contributed by atoms with Gasteiger partial charge in [0.05, 0.1) is 10.6 Å². The number of amides is 1. The maximum Gasteiger partial charge on any atom is 0.269 e. The molecule has 1 N–H and O–H groups in total. The van der Waals surface area contributed by atoms with Gasteiger partial charge in [0.1, 0.15) is 11.6 Å². The van der Waals surface area contributed by atoms with E-state index in [1.165, 1.54) is 24.3 Å². The molecule has 0 atom stereocenters. The predicted octanol–water partition coefficient (Wildman–Crippen LogP) is 2.64. The van der Waals surface area contributed by atoms with Crippen molar-refractivity contribution in [3.8, 4) is 5.75 Å². The summed E-state index contributed by atoms with van der Waals surface area (Å²) >= 11 is 0. The number of hydrogen-bond acceptors (Lipinski definition) is 5. The van der Waals surface area contributed by atoms with Crippen LogP contribution >= 0.6 is 0 Å². The molecule has 0 saturated heterocycles. The molecule has 2 aromatic rings. The molecule has 0 aliphatic carbocycles. The van der Waals surface area contributed by atoms with Gasteiger partial charge in [-0.05, 0) is 12.1 Å². The molecule has 128 valence electrons. The third-order valence-electron chi connectivity index (χ3n) is 3.33. The molecule has 0 unspecified atom stereocenters. The Morgan fingerprint density at radius 2 is 1.96 bits per heavy atom. The van der Waals surface area contributed by atoms with Crippen molar-refractivity contribution in [2.75, 3.05) is 11.9 Å². The highest BCUT2D eigenvalue weighted by Crippen LogP contribution is 2.23. The van der Waals surface area contributed by atoms with Crippen LogP contribution < -0.4 is 10.1 Å². The Morgan fingerprint density at radius 3 is 2.46 bits per heavy atom. The summed E-state index contributed by atoms with van der Waals surface area (Å²) in [6, 6.07) is 7.37. The Balaban J connectivity index is 1.94. The van der Waals surface area contributed by atoms with Crippen molar-refractivity contribution < 1.29 is 14.5 Å². The third kappa shape index (κ3) is 4.31. The molecule has 8 heteroatoms. The fourth-order valence-corrected chi connectivity index (χ4v) is 1.94. The second-order valence-electron chi connectivity index (χ2n) is 6.38. The Labute approximate surface area is 139 Å². The molecule has 0 fully saturated rings. The summed E-state index contributed by atoms with van der Waals surface area (Å²) in [6.07, 6.45) is 0. The summed E-state index contributed by atoms with van der Waals surface area (Å²) in [6.45, 7) is 5.92. The SMILES string of the molecule is Cn1nc(C(C)(C)C)cc1NC(=O)COc1ccc([N+](=O)[O-])cc1. The number of benzene rings is 1. The lowest BCUT2D eigenvalue weighted by Gasteiger charge is -2.13. The molecule has 8 nitrogen and oxygen atoms in total. The van der Waals surface area contributed by atoms with Gasteiger partial charge in [-0.15, -0.1) is 0 Å². The van der Waals surface area contributed by atoms with E-state index in [1.54, 1.807) is 11.7 Å². The molecular weight excluding hydrogens is 312 g/mol. The number of rotatable bonds is 5. The van der Waals surface area contributed by atoms with Crippen LogP contribution in [-0.4, -0.2) is 27.2 Å². The molecule has 0 bridgehead atoms. The van der Waals surface area contributed by atoms with Crippen LogP contribution in [0.3, 0.4) is 0 Å². The van der Waals surface area contributed by atoms with E-state index in [0.717, 1.165) is 5.69 Å². The number of hydrogen-bond donors (Lipinski definition) is 1. The van der Waals surface area contributed by atoms with Gasteiger partial charge < -0.3 is 10.1 Å². The van der Waals surface area contributed by atoms with Crippen LogP contribution in [0, 0.1) is 10.1 Å². The number of aromatic nitrogens is 2. The van der Waals surface area contributed by atoms with Gasteiger partial charge in [-0.1, -0.05) is 20.8 Å². The smallest absolute Gasteiger partial charge is 0.269 e. The minimum Gasteiger partial charge on any atom is -0.484 e. The summed E-state index contributed by atoms with van der Waals surface area (Å²) in [5.41, 5.74) is 0.726. The normalized spacial score (nSPS) is 11.2. The molecule has 1 amide bonds. The molecule has 1 heterocycles. The monoisotopic (exact) mass is 332 g/mol. The zero-order valence-electron chi connectivity index (χ0n) is 14.1. The highest BCUT2D eigenvalue weighted by Gasteiger charge is 2.19. The number of nitrogens with zero attached hydrogens (tertiary/aromatic N) is 3. The average Bonchev–Trinajstić information content (AvgIpc) is 2.87. The number of carbonyl (C=O) groups excluding carboxylic acids is 1. The standard InChI is InChI=1S/C16H20N4O4/c1-16(2,3)13-9-14(19(4)18-13)17-15(21)10-24-12-7-5-11(6-8-12)20(22)23/h5-9H,10H2,1-4H3,(H,17,21). The summed E-state index contributed by atoms with van der Waals surface area (Å²) in [5.74, 6) is 0.630. The largest absolute Gasteiger partial charge is 0.484 e. The number of nitro benzene ring substituents is 1. The van der Waals surface area contributed by atoms with E-state index in [9.17, 15) is 14.9 Å². The molecule has 1 aromatic heterocycles. The zero-order chi connectivity index (χ0) is 17.9. The van der Waals surface area contributed by atoms with E-state index in [-0.39, 0.29) is 23.6 Å². The maximum absolute atomic E-state index is 12.0. The van der Waals surface area contributed by atoms with Crippen LogP contribution in [0.5, 0.6) is 5.75 Å². The number of non-ortho nitro benzene ring substituents is 1. The van der Waals surface area contributed by atoms with Crippen molar-refractivity contribution in [2.45, 2.75) is 26.2 Å². The number of nitrogens with one attached hydrogen (secondary N) is 1. The maximum atomic E-state index is 12.0. The van der Waals surface area contributed by atoms with Crippen LogP contribution in [0.4, 0.5) is 11.5 Å². The highest BCUT2D eigenvalue weighted by atomic mass is 16.6. The van der Waals surface area contributed by atoms with Gasteiger partial charge in [-0.3, -0.25) is 19.6 Å². The molecule has 0 aliphatic heterocycles. The lowest BCUT2D eigenvalue weighted by molar-refractivity contribution is -0.384. The van der Waals surface area contributed by atoms with Crippen LogP contribution in [0.25, 0.3) is 0 Å². The summed E-state index contributed by atoms with van der Waals surface area (Å²) in [4.78, 5) is 22.1. The molecule has 1 aromatic carbocycles. The molecule has 0 aliphatic rings. The Morgan fingerprint density at radius 1 is 1.33 bits per heavy atom. The van der Waals surface area contributed by atoms with Crippen molar-refractivity contribution in [3.05, 3.63) is 46.1 Å². The summed E-state index contributed by atoms with van der Waals surface area (Å²) in [7, 11) is 1.75.